The van der Waals surface area contributed by atoms with Crippen molar-refractivity contribution >= 4 is 28.2 Å². The van der Waals surface area contributed by atoms with E-state index in [9.17, 15) is 0 Å². The summed E-state index contributed by atoms with van der Waals surface area (Å²) in [6, 6.07) is 16.8. The summed E-state index contributed by atoms with van der Waals surface area (Å²) in [6.07, 6.45) is 40.5. The number of benzene rings is 2. The Balaban J connectivity index is 1.13. The van der Waals surface area contributed by atoms with Crippen molar-refractivity contribution in [1.82, 2.24) is 9.47 Å². The van der Waals surface area contributed by atoms with Gasteiger partial charge in [0.25, 0.3) is 0 Å². The molecule has 0 saturated carbocycles. The van der Waals surface area contributed by atoms with Gasteiger partial charge in [-0.1, -0.05) is 72.9 Å². The molecule has 3 heteroatoms. The molecule has 10 rings (SSSR count). The predicted molar refractivity (Wildman–Crippen MR) is 203 cm³/mol. The summed E-state index contributed by atoms with van der Waals surface area (Å²) in [5, 5.41) is 1.44. The van der Waals surface area contributed by atoms with Crippen LogP contribution < -0.4 is 4.74 Å². The molecule has 3 aromatic rings. The highest BCUT2D eigenvalue weighted by atomic mass is 16.5. The molecule has 0 N–H and O–H groups in total. The molecule has 6 aliphatic carbocycles. The monoisotopic (exact) mass is 642 g/mol. The normalized spacial score (nSPS) is 26.7. The lowest BCUT2D eigenvalue weighted by atomic mass is 9.78. The van der Waals surface area contributed by atoms with Crippen LogP contribution >= 0.6 is 0 Å². The molecule has 0 saturated heterocycles. The number of allylic oxidation sites excluding steroid dienone is 11. The zero-order valence-electron chi connectivity index (χ0n) is 28.5. The maximum absolute atomic E-state index is 6.63. The van der Waals surface area contributed by atoms with Gasteiger partial charge in [0, 0.05) is 40.0 Å². The average molecular weight is 643 g/mol. The maximum Gasteiger partial charge on any atom is 0.126 e. The minimum Gasteiger partial charge on any atom is -0.485 e. The van der Waals surface area contributed by atoms with Crippen LogP contribution in [0.1, 0.15) is 98.9 Å². The van der Waals surface area contributed by atoms with Crippen LogP contribution in [0.15, 0.2) is 120 Å². The number of nitrogens with zero attached hydrogens (tertiary/aromatic N) is 2. The van der Waals surface area contributed by atoms with Gasteiger partial charge < -0.3 is 14.2 Å². The lowest BCUT2D eigenvalue weighted by Gasteiger charge is -2.47. The van der Waals surface area contributed by atoms with Crippen LogP contribution in [0.5, 0.6) is 5.75 Å². The van der Waals surface area contributed by atoms with E-state index in [-0.39, 0.29) is 12.1 Å². The van der Waals surface area contributed by atoms with Gasteiger partial charge in [0.1, 0.15) is 11.9 Å². The summed E-state index contributed by atoms with van der Waals surface area (Å²) in [5.74, 6) is 1.38. The summed E-state index contributed by atoms with van der Waals surface area (Å²) in [7, 11) is 0. The summed E-state index contributed by atoms with van der Waals surface area (Å²) in [6.45, 7) is 0. The smallest absolute Gasteiger partial charge is 0.126 e. The molecule has 3 unspecified atom stereocenters. The lowest BCUT2D eigenvalue weighted by molar-refractivity contribution is 0.135. The first-order valence-electron chi connectivity index (χ1n) is 19.0. The van der Waals surface area contributed by atoms with Crippen molar-refractivity contribution in [1.29, 1.82) is 0 Å². The Bertz CT molecular complexity index is 2090. The van der Waals surface area contributed by atoms with Gasteiger partial charge in [0.2, 0.25) is 0 Å². The van der Waals surface area contributed by atoms with Crippen LogP contribution in [0.4, 0.5) is 0 Å². The highest BCUT2D eigenvalue weighted by Crippen LogP contribution is 2.49. The summed E-state index contributed by atoms with van der Waals surface area (Å²) in [5.41, 5.74) is 14.6. The van der Waals surface area contributed by atoms with Crippen LogP contribution in [0, 0.1) is 0 Å². The standard InChI is InChI=1S/C46H46N2O/c1-3-13-31(14-4-1)33-25-27-41-38(29-33)39-30-35(26-28-42(39)47(41)34-17-5-2-6-18-34)48(40-21-11-16-32-15-7-8-19-36(32)40)43-22-12-24-45-46(43)37-20-9-10-23-44(37)49-45/h2,5,7,9-10,12-13,15,17,20-21,23-29,35,43,45-46H,1,3-4,6,8,11,14,16,18-19,22,30H2/t35?,43?,45?,46-/m1/s1. The Morgan fingerprint density at radius 1 is 0.816 bits per heavy atom. The van der Waals surface area contributed by atoms with Gasteiger partial charge in [-0.2, -0.15) is 0 Å². The van der Waals surface area contributed by atoms with Gasteiger partial charge in [0.15, 0.2) is 0 Å². The van der Waals surface area contributed by atoms with Crippen molar-refractivity contribution < 1.29 is 4.74 Å². The fraction of sp³-hybridized carbons (Fsp3) is 0.348. The summed E-state index contributed by atoms with van der Waals surface area (Å²) >= 11 is 0. The molecule has 246 valence electrons. The highest BCUT2D eigenvalue weighted by molar-refractivity contribution is 5.94. The third-order valence-corrected chi connectivity index (χ3v) is 12.3. The molecule has 0 amide bonds. The molecule has 1 aromatic heterocycles. The number of aromatic nitrogens is 1. The second-order valence-corrected chi connectivity index (χ2v) is 15.0. The molecule has 2 heterocycles. The molecule has 0 bridgehead atoms. The Labute approximate surface area is 291 Å². The fourth-order valence-electron chi connectivity index (χ4n) is 10.0. The second kappa shape index (κ2) is 12.1. The van der Waals surface area contributed by atoms with Gasteiger partial charge in [-0.3, -0.25) is 0 Å². The fourth-order valence-corrected chi connectivity index (χ4v) is 10.0. The third-order valence-electron chi connectivity index (χ3n) is 12.3. The van der Waals surface area contributed by atoms with Crippen molar-refractivity contribution in [3.05, 3.63) is 142 Å². The Morgan fingerprint density at radius 3 is 2.69 bits per heavy atom. The first-order chi connectivity index (χ1) is 24.3. The molecule has 0 fully saturated rings. The van der Waals surface area contributed by atoms with Gasteiger partial charge >= 0.3 is 0 Å². The third kappa shape index (κ3) is 4.91. The van der Waals surface area contributed by atoms with E-state index < -0.39 is 0 Å². The van der Waals surface area contributed by atoms with Crippen LogP contribution in [0.25, 0.3) is 28.2 Å². The Morgan fingerprint density at radius 2 is 1.78 bits per heavy atom. The molecule has 3 nitrogen and oxygen atoms in total. The van der Waals surface area contributed by atoms with E-state index in [1.54, 1.807) is 11.1 Å². The zero-order chi connectivity index (χ0) is 32.3. The molecule has 0 spiro atoms. The molecular formula is C46H46N2O. The molecule has 1 aliphatic heterocycles. The molecular weight excluding hydrogens is 597 g/mol. The predicted octanol–water partition coefficient (Wildman–Crippen LogP) is 11.2. The van der Waals surface area contributed by atoms with Gasteiger partial charge in [-0.25, -0.2) is 0 Å². The molecule has 0 radical (unpaired) electrons. The summed E-state index contributed by atoms with van der Waals surface area (Å²) in [4.78, 5) is 2.89. The molecule has 49 heavy (non-hydrogen) atoms. The van der Waals surface area contributed by atoms with Crippen molar-refractivity contribution in [2.24, 2.45) is 0 Å². The van der Waals surface area contributed by atoms with E-state index in [1.165, 1.54) is 75.9 Å². The van der Waals surface area contributed by atoms with Crippen molar-refractivity contribution in [2.45, 2.75) is 101 Å². The topological polar surface area (TPSA) is 17.4 Å². The van der Waals surface area contributed by atoms with E-state index in [0.717, 1.165) is 57.1 Å². The highest BCUT2D eigenvalue weighted by Gasteiger charge is 2.45. The van der Waals surface area contributed by atoms with Gasteiger partial charge in [0.05, 0.1) is 11.6 Å². The van der Waals surface area contributed by atoms with Crippen LogP contribution in [-0.2, 0) is 6.42 Å². The van der Waals surface area contributed by atoms with E-state index in [2.05, 4.69) is 119 Å². The largest absolute Gasteiger partial charge is 0.485 e. The molecule has 2 aromatic carbocycles. The Kier molecular flexibility index (Phi) is 7.28. The maximum atomic E-state index is 6.63. The van der Waals surface area contributed by atoms with Gasteiger partial charge in [-0.15, -0.1) is 0 Å². The van der Waals surface area contributed by atoms with Crippen LogP contribution in [-0.4, -0.2) is 27.7 Å². The van der Waals surface area contributed by atoms with Gasteiger partial charge in [-0.05, 0) is 141 Å². The van der Waals surface area contributed by atoms with Crippen molar-refractivity contribution in [2.75, 3.05) is 0 Å². The number of hydrogen-bond acceptors (Lipinski definition) is 2. The molecule has 4 atom stereocenters. The molecule has 7 aliphatic rings. The second-order valence-electron chi connectivity index (χ2n) is 15.0. The van der Waals surface area contributed by atoms with E-state index in [0.29, 0.717) is 12.0 Å². The van der Waals surface area contributed by atoms with Crippen molar-refractivity contribution in [3.63, 3.8) is 0 Å². The quantitative estimate of drug-likeness (QED) is 0.258. The van der Waals surface area contributed by atoms with E-state index in [1.807, 2.05) is 0 Å². The van der Waals surface area contributed by atoms with E-state index >= 15 is 0 Å². The first kappa shape index (κ1) is 29.4. The Hall–Kier alpha value is -4.50. The number of rotatable bonds is 5. The zero-order valence-corrected chi connectivity index (χ0v) is 28.5. The number of para-hydroxylation sites is 1. The van der Waals surface area contributed by atoms with Crippen molar-refractivity contribution in [3.8, 4) is 5.75 Å². The SMILES string of the molecule is C1=CCCC(n2c3c(c4cc(C5=CCCCC5)ccc42)CC(N(C2=CCCC4=C2CCC=C4)C2CC=CC4Oc5ccccc5[C@@H]42)C=C3)=C1. The van der Waals surface area contributed by atoms with Crippen LogP contribution in [0.3, 0.4) is 0 Å². The number of fused-ring (bicyclic) bond motifs is 6. The minimum atomic E-state index is 0.0882. The number of ether oxygens (including phenoxy) is 1. The summed E-state index contributed by atoms with van der Waals surface area (Å²) < 4.78 is 9.23. The average Bonchev–Trinajstić information content (AvgIpc) is 3.71. The van der Waals surface area contributed by atoms with E-state index in [4.69, 9.17) is 4.74 Å². The minimum absolute atomic E-state index is 0.0882. The number of hydrogen-bond donors (Lipinski definition) is 0. The lowest BCUT2D eigenvalue weighted by Crippen LogP contribution is -2.49. The van der Waals surface area contributed by atoms with Crippen LogP contribution in [0.2, 0.25) is 0 Å². The first-order valence-corrected chi connectivity index (χ1v) is 19.0.